The van der Waals surface area contributed by atoms with Gasteiger partial charge >= 0.3 is 0 Å². The predicted molar refractivity (Wildman–Crippen MR) is 109 cm³/mol. The first kappa shape index (κ1) is 19.0. The molecule has 31 heavy (non-hydrogen) atoms. The number of non-ortho nitro benzene ring substituents is 1. The molecule has 1 aliphatic rings. The van der Waals surface area contributed by atoms with Crippen molar-refractivity contribution in [3.63, 3.8) is 0 Å². The van der Waals surface area contributed by atoms with E-state index in [1.54, 1.807) is 13.0 Å². The van der Waals surface area contributed by atoms with Crippen molar-refractivity contribution in [2.24, 2.45) is 0 Å². The van der Waals surface area contributed by atoms with E-state index in [4.69, 9.17) is 4.42 Å². The highest BCUT2D eigenvalue weighted by Gasteiger charge is 2.45. The van der Waals surface area contributed by atoms with Gasteiger partial charge in [0.2, 0.25) is 10.9 Å². The van der Waals surface area contributed by atoms with Crippen LogP contribution >= 0.6 is 11.3 Å². The number of nitro groups is 1. The lowest BCUT2D eigenvalue weighted by Gasteiger charge is -2.21. The van der Waals surface area contributed by atoms with Crippen molar-refractivity contribution in [1.82, 2.24) is 10.2 Å². The first-order valence-electron chi connectivity index (χ1n) is 8.99. The second-order valence-electron chi connectivity index (χ2n) is 6.85. The summed E-state index contributed by atoms with van der Waals surface area (Å²) in [6.07, 6.45) is 0. The topological polar surface area (TPSA) is 119 Å². The lowest BCUT2D eigenvalue weighted by molar-refractivity contribution is -0.384. The molecule has 11 heteroatoms. The molecule has 1 atom stereocenters. The standard InChI is InChI=1S/C20H11FN4O5S/c1-9-22-23-20(31-9)24-16(10-3-2-4-12(7-10)25(28)29)15-17(26)13-8-11(21)5-6-14(13)30-18(15)19(24)27/h2-8,16H,1H3. The molecular formula is C20H11FN4O5S. The number of carbonyl (C=O) groups is 1. The summed E-state index contributed by atoms with van der Waals surface area (Å²) in [5, 5.41) is 20.0. The summed E-state index contributed by atoms with van der Waals surface area (Å²) in [4.78, 5) is 38.6. The van der Waals surface area contributed by atoms with E-state index in [0.717, 1.165) is 23.5 Å². The fraction of sp³-hybridized carbons (Fsp3) is 0.100. The number of nitrogens with zero attached hydrogens (tertiary/aromatic N) is 4. The number of aromatic nitrogens is 2. The molecule has 0 spiro atoms. The summed E-state index contributed by atoms with van der Waals surface area (Å²) in [6.45, 7) is 1.71. The first-order chi connectivity index (χ1) is 14.8. The van der Waals surface area contributed by atoms with Crippen LogP contribution in [-0.2, 0) is 0 Å². The van der Waals surface area contributed by atoms with Crippen molar-refractivity contribution in [3.8, 4) is 0 Å². The molecule has 0 saturated carbocycles. The fourth-order valence-electron chi connectivity index (χ4n) is 3.65. The second kappa shape index (κ2) is 6.77. The smallest absolute Gasteiger partial charge is 0.297 e. The van der Waals surface area contributed by atoms with Gasteiger partial charge in [-0.05, 0) is 30.7 Å². The molecule has 4 aromatic rings. The number of nitro benzene ring substituents is 1. The molecule has 3 heterocycles. The van der Waals surface area contributed by atoms with Gasteiger partial charge in [-0.25, -0.2) is 4.39 Å². The van der Waals surface area contributed by atoms with Crippen LogP contribution < -0.4 is 10.3 Å². The molecule has 1 aliphatic heterocycles. The van der Waals surface area contributed by atoms with Crippen molar-refractivity contribution < 1.29 is 18.5 Å². The van der Waals surface area contributed by atoms with Gasteiger partial charge in [-0.1, -0.05) is 23.5 Å². The Labute approximate surface area is 176 Å². The van der Waals surface area contributed by atoms with Crippen molar-refractivity contribution in [1.29, 1.82) is 0 Å². The molecule has 9 nitrogen and oxygen atoms in total. The lowest BCUT2D eigenvalue weighted by atomic mass is 9.98. The van der Waals surface area contributed by atoms with E-state index in [-0.39, 0.29) is 33.1 Å². The Kier molecular flexibility index (Phi) is 4.15. The highest BCUT2D eigenvalue weighted by molar-refractivity contribution is 7.15. The van der Waals surface area contributed by atoms with Crippen LogP contribution in [0.4, 0.5) is 15.2 Å². The quantitative estimate of drug-likeness (QED) is 0.353. The SMILES string of the molecule is Cc1nnc(N2C(=O)c3oc4ccc(F)cc4c(=O)c3C2c2cccc([N+](=O)[O-])c2)s1. The van der Waals surface area contributed by atoms with E-state index in [1.165, 1.54) is 29.2 Å². The number of aryl methyl sites for hydroxylation is 1. The third-order valence-electron chi connectivity index (χ3n) is 4.95. The minimum absolute atomic E-state index is 0.0303. The number of benzene rings is 2. The van der Waals surface area contributed by atoms with E-state index >= 15 is 0 Å². The van der Waals surface area contributed by atoms with Crippen molar-refractivity contribution in [2.75, 3.05) is 4.90 Å². The number of halogens is 1. The number of rotatable bonds is 3. The maximum absolute atomic E-state index is 13.8. The van der Waals surface area contributed by atoms with E-state index in [0.29, 0.717) is 10.6 Å². The highest BCUT2D eigenvalue weighted by Crippen LogP contribution is 2.42. The average molecular weight is 438 g/mol. The fourth-order valence-corrected chi connectivity index (χ4v) is 4.36. The molecule has 2 aromatic heterocycles. The van der Waals surface area contributed by atoms with Gasteiger partial charge in [0.1, 0.15) is 16.4 Å². The van der Waals surface area contributed by atoms with E-state index in [1.807, 2.05) is 0 Å². The number of fused-ring (bicyclic) bond motifs is 2. The summed E-state index contributed by atoms with van der Waals surface area (Å²) < 4.78 is 19.5. The Hall–Kier alpha value is -3.99. The van der Waals surface area contributed by atoms with Gasteiger partial charge in [-0.2, -0.15) is 0 Å². The lowest BCUT2D eigenvalue weighted by Crippen LogP contribution is -2.29. The Morgan fingerprint density at radius 3 is 2.71 bits per heavy atom. The summed E-state index contributed by atoms with van der Waals surface area (Å²) in [5.41, 5.74) is -0.451. The van der Waals surface area contributed by atoms with Crippen LogP contribution in [-0.4, -0.2) is 21.0 Å². The number of anilines is 1. The van der Waals surface area contributed by atoms with Crippen molar-refractivity contribution in [2.45, 2.75) is 13.0 Å². The van der Waals surface area contributed by atoms with Crippen molar-refractivity contribution >= 4 is 39.0 Å². The number of hydrogen-bond donors (Lipinski definition) is 0. The largest absolute Gasteiger partial charge is 0.450 e. The predicted octanol–water partition coefficient (Wildman–Crippen LogP) is 3.75. The minimum atomic E-state index is -1.04. The minimum Gasteiger partial charge on any atom is -0.450 e. The normalized spacial score (nSPS) is 15.5. The van der Waals surface area contributed by atoms with Crippen LogP contribution in [0.5, 0.6) is 0 Å². The third-order valence-corrected chi connectivity index (χ3v) is 5.79. The zero-order valence-corrected chi connectivity index (χ0v) is 16.6. The summed E-state index contributed by atoms with van der Waals surface area (Å²) in [5.74, 6) is -1.48. The van der Waals surface area contributed by atoms with Gasteiger partial charge in [0.05, 0.1) is 21.9 Å². The Bertz CT molecular complexity index is 1460. The molecule has 0 saturated heterocycles. The molecular weight excluding hydrogens is 427 g/mol. The van der Waals surface area contributed by atoms with Crippen LogP contribution in [0.15, 0.2) is 51.7 Å². The number of hydrogen-bond acceptors (Lipinski definition) is 8. The summed E-state index contributed by atoms with van der Waals surface area (Å²) in [7, 11) is 0. The average Bonchev–Trinajstić information content (AvgIpc) is 3.30. The zero-order valence-electron chi connectivity index (χ0n) is 15.7. The Morgan fingerprint density at radius 1 is 1.19 bits per heavy atom. The van der Waals surface area contributed by atoms with Crippen LogP contribution in [0.25, 0.3) is 11.0 Å². The van der Waals surface area contributed by atoms with Crippen LogP contribution in [0.3, 0.4) is 0 Å². The Balaban J connectivity index is 1.83. The third kappa shape index (κ3) is 2.89. The zero-order chi connectivity index (χ0) is 21.9. The molecule has 1 unspecified atom stereocenters. The maximum Gasteiger partial charge on any atom is 0.297 e. The molecule has 2 aromatic carbocycles. The van der Waals surface area contributed by atoms with Gasteiger partial charge in [-0.15, -0.1) is 10.2 Å². The highest BCUT2D eigenvalue weighted by atomic mass is 32.1. The molecule has 0 fully saturated rings. The monoisotopic (exact) mass is 438 g/mol. The molecule has 0 N–H and O–H groups in total. The van der Waals surface area contributed by atoms with Gasteiger partial charge in [-0.3, -0.25) is 24.6 Å². The van der Waals surface area contributed by atoms with E-state index in [2.05, 4.69) is 10.2 Å². The van der Waals surface area contributed by atoms with Gasteiger partial charge in [0.25, 0.3) is 11.6 Å². The van der Waals surface area contributed by atoms with Crippen LogP contribution in [0.1, 0.15) is 32.7 Å². The van der Waals surface area contributed by atoms with Crippen LogP contribution in [0, 0.1) is 22.9 Å². The first-order valence-corrected chi connectivity index (χ1v) is 9.81. The van der Waals surface area contributed by atoms with E-state index in [9.17, 15) is 24.1 Å². The summed E-state index contributed by atoms with van der Waals surface area (Å²) >= 11 is 1.13. The van der Waals surface area contributed by atoms with Gasteiger partial charge < -0.3 is 4.42 Å². The second-order valence-corrected chi connectivity index (χ2v) is 8.01. The number of carbonyl (C=O) groups excluding carboxylic acids is 1. The van der Waals surface area contributed by atoms with Crippen LogP contribution in [0.2, 0.25) is 0 Å². The molecule has 1 amide bonds. The van der Waals surface area contributed by atoms with E-state index < -0.39 is 28.1 Å². The number of amides is 1. The maximum atomic E-state index is 13.8. The molecule has 5 rings (SSSR count). The molecule has 0 bridgehead atoms. The van der Waals surface area contributed by atoms with Gasteiger partial charge in [0, 0.05) is 12.1 Å². The molecule has 0 aliphatic carbocycles. The van der Waals surface area contributed by atoms with Gasteiger partial charge in [0.15, 0.2) is 5.43 Å². The molecule has 0 radical (unpaired) electrons. The van der Waals surface area contributed by atoms with Crippen molar-refractivity contribution in [3.05, 3.63) is 90.5 Å². The molecule has 154 valence electrons. The summed E-state index contributed by atoms with van der Waals surface area (Å²) in [6, 6.07) is 8.01. The Morgan fingerprint density at radius 2 is 2.00 bits per heavy atom.